The van der Waals surface area contributed by atoms with Gasteiger partial charge in [0.05, 0.1) is 17.5 Å². The summed E-state index contributed by atoms with van der Waals surface area (Å²) < 4.78 is 5.15. The molecular weight excluding hydrogens is 376 g/mol. The predicted octanol–water partition coefficient (Wildman–Crippen LogP) is 5.67. The third kappa shape index (κ3) is 5.15. The first-order chi connectivity index (χ1) is 13.2. The van der Waals surface area contributed by atoms with Crippen LogP contribution in [0.15, 0.2) is 99.6 Å². The van der Waals surface area contributed by atoms with E-state index >= 15 is 0 Å². The minimum atomic E-state index is -0.380. The van der Waals surface area contributed by atoms with Gasteiger partial charge in [0.25, 0.3) is 0 Å². The van der Waals surface area contributed by atoms with Gasteiger partial charge in [0.15, 0.2) is 14.7 Å². The molecule has 3 rings (SSSR count). The third-order valence-corrected chi connectivity index (χ3v) is 6.70. The van der Waals surface area contributed by atoms with Crippen molar-refractivity contribution in [3.63, 3.8) is 0 Å². The van der Waals surface area contributed by atoms with Crippen LogP contribution in [0.3, 0.4) is 0 Å². The van der Waals surface area contributed by atoms with Crippen LogP contribution in [-0.2, 0) is 20.4 Å². The summed E-state index contributed by atoms with van der Waals surface area (Å²) in [6.45, 7) is 2.39. The Bertz CT molecular complexity index is 811. The van der Waals surface area contributed by atoms with E-state index in [0.29, 0.717) is 6.61 Å². The quantitative estimate of drug-likeness (QED) is 0.292. The Morgan fingerprint density at radius 1 is 0.852 bits per heavy atom. The highest BCUT2D eigenvalue weighted by molar-refractivity contribution is 7.97. The van der Waals surface area contributed by atoms with E-state index in [-0.39, 0.29) is 28.7 Å². The van der Waals surface area contributed by atoms with Gasteiger partial charge in [-0.3, -0.25) is 4.79 Å². The fraction of sp³-hybridized carbons (Fsp3) is 0.174. The Hall–Kier alpha value is -2.23. The molecule has 0 aromatic heterocycles. The standard InChI is InChI=1S/C23H22ClO2S/c1-18(17-26-23(25)16-24)19-12-14-22(15-13-19)27(20-8-4-2-5-9-20)21-10-6-3-7-11-21/h2-15,18H,16-17H2,1H3/q+1. The molecule has 0 aliphatic carbocycles. The second-order valence-corrected chi connectivity index (χ2v) is 8.51. The smallest absolute Gasteiger partial charge is 0.320 e. The van der Waals surface area contributed by atoms with Crippen molar-refractivity contribution in [3.05, 3.63) is 90.5 Å². The highest BCUT2D eigenvalue weighted by Gasteiger charge is 2.28. The second kappa shape index (κ2) is 9.63. The number of rotatable bonds is 7. The van der Waals surface area contributed by atoms with Gasteiger partial charge in [-0.15, -0.1) is 11.6 Å². The minimum absolute atomic E-state index is 0.109. The van der Waals surface area contributed by atoms with Crippen LogP contribution in [0, 0.1) is 0 Å². The molecule has 0 N–H and O–H groups in total. The normalized spacial score (nSPS) is 12.0. The monoisotopic (exact) mass is 397 g/mol. The van der Waals surface area contributed by atoms with Crippen LogP contribution >= 0.6 is 11.6 Å². The summed E-state index contributed by atoms with van der Waals surface area (Å²) in [6, 6.07) is 29.7. The van der Waals surface area contributed by atoms with Crippen molar-refractivity contribution in [2.45, 2.75) is 27.5 Å². The van der Waals surface area contributed by atoms with Crippen molar-refractivity contribution in [3.8, 4) is 0 Å². The molecule has 0 aliphatic heterocycles. The molecule has 0 spiro atoms. The van der Waals surface area contributed by atoms with Gasteiger partial charge in [-0.2, -0.15) is 0 Å². The highest BCUT2D eigenvalue weighted by atomic mass is 35.5. The van der Waals surface area contributed by atoms with Crippen LogP contribution in [0.5, 0.6) is 0 Å². The largest absolute Gasteiger partial charge is 0.464 e. The van der Waals surface area contributed by atoms with Gasteiger partial charge in [-0.25, -0.2) is 0 Å². The van der Waals surface area contributed by atoms with Gasteiger partial charge in [-0.05, 0) is 42.0 Å². The number of carbonyl (C=O) groups excluding carboxylic acids is 1. The van der Waals surface area contributed by atoms with Gasteiger partial charge < -0.3 is 4.74 Å². The SMILES string of the molecule is CC(COC(=O)CCl)c1ccc([S+](c2ccccc2)c2ccccc2)cc1. The molecule has 1 unspecified atom stereocenters. The van der Waals surface area contributed by atoms with Crippen molar-refractivity contribution in [2.24, 2.45) is 0 Å². The first-order valence-electron chi connectivity index (χ1n) is 8.85. The molecule has 0 bridgehead atoms. The fourth-order valence-electron chi connectivity index (χ4n) is 2.81. The lowest BCUT2D eigenvalue weighted by molar-refractivity contribution is -0.141. The Balaban J connectivity index is 1.85. The van der Waals surface area contributed by atoms with E-state index in [1.807, 2.05) is 19.1 Å². The lowest BCUT2D eigenvalue weighted by atomic mass is 10.0. The summed E-state index contributed by atoms with van der Waals surface area (Å²) in [7, 11) is -0.151. The summed E-state index contributed by atoms with van der Waals surface area (Å²) >= 11 is 5.48. The number of esters is 1. The average Bonchev–Trinajstić information content (AvgIpc) is 2.74. The minimum Gasteiger partial charge on any atom is -0.464 e. The van der Waals surface area contributed by atoms with Crippen molar-refractivity contribution in [1.82, 2.24) is 0 Å². The van der Waals surface area contributed by atoms with Gasteiger partial charge in [0.2, 0.25) is 0 Å². The van der Waals surface area contributed by atoms with Gasteiger partial charge >= 0.3 is 5.97 Å². The molecule has 0 saturated carbocycles. The van der Waals surface area contributed by atoms with Gasteiger partial charge in [0.1, 0.15) is 5.88 Å². The Labute approximate surface area is 168 Å². The van der Waals surface area contributed by atoms with Crippen LogP contribution in [0.4, 0.5) is 0 Å². The van der Waals surface area contributed by atoms with E-state index < -0.39 is 0 Å². The summed E-state index contributed by atoms with van der Waals surface area (Å²) in [6.07, 6.45) is 0. The number of halogens is 1. The zero-order chi connectivity index (χ0) is 19.1. The van der Waals surface area contributed by atoms with Gasteiger partial charge in [0, 0.05) is 5.92 Å². The molecule has 3 aromatic rings. The highest BCUT2D eigenvalue weighted by Crippen LogP contribution is 2.31. The summed E-state index contributed by atoms with van der Waals surface area (Å²) in [5, 5.41) is 0. The molecule has 138 valence electrons. The van der Waals surface area contributed by atoms with Crippen LogP contribution < -0.4 is 0 Å². The molecule has 0 heterocycles. The molecule has 2 nitrogen and oxygen atoms in total. The second-order valence-electron chi connectivity index (χ2n) is 6.22. The van der Waals surface area contributed by atoms with Gasteiger partial charge in [-0.1, -0.05) is 55.5 Å². The summed E-state index contributed by atoms with van der Waals surface area (Å²) in [5.41, 5.74) is 1.14. The maximum absolute atomic E-state index is 11.3. The first kappa shape index (κ1) is 19.5. The van der Waals surface area contributed by atoms with Crippen LogP contribution in [0.1, 0.15) is 18.4 Å². The zero-order valence-corrected chi connectivity index (χ0v) is 16.7. The average molecular weight is 398 g/mol. The van der Waals surface area contributed by atoms with Crippen molar-refractivity contribution in [2.75, 3.05) is 12.5 Å². The molecule has 0 fully saturated rings. The van der Waals surface area contributed by atoms with E-state index in [1.165, 1.54) is 14.7 Å². The first-order valence-corrected chi connectivity index (χ1v) is 10.6. The topological polar surface area (TPSA) is 26.3 Å². The molecule has 0 radical (unpaired) electrons. The maximum atomic E-state index is 11.3. The molecule has 4 heteroatoms. The number of hydrogen-bond acceptors (Lipinski definition) is 2. The number of alkyl halides is 1. The zero-order valence-electron chi connectivity index (χ0n) is 15.2. The molecule has 0 aliphatic rings. The molecule has 1 atom stereocenters. The lowest BCUT2D eigenvalue weighted by Gasteiger charge is -2.13. The van der Waals surface area contributed by atoms with E-state index in [0.717, 1.165) is 5.56 Å². The predicted molar refractivity (Wildman–Crippen MR) is 112 cm³/mol. The number of carbonyl (C=O) groups is 1. The van der Waals surface area contributed by atoms with Crippen molar-refractivity contribution < 1.29 is 9.53 Å². The van der Waals surface area contributed by atoms with E-state index in [2.05, 4.69) is 72.8 Å². The molecular formula is C23H22ClO2S+. The molecule has 3 aromatic carbocycles. The molecule has 0 amide bonds. The van der Waals surface area contributed by atoms with Crippen LogP contribution in [0.25, 0.3) is 0 Å². The van der Waals surface area contributed by atoms with E-state index in [9.17, 15) is 4.79 Å². The fourth-order valence-corrected chi connectivity index (χ4v) is 4.97. The Morgan fingerprint density at radius 2 is 1.33 bits per heavy atom. The van der Waals surface area contributed by atoms with E-state index in [1.54, 1.807) is 0 Å². The van der Waals surface area contributed by atoms with Crippen LogP contribution in [0.2, 0.25) is 0 Å². The lowest BCUT2D eigenvalue weighted by Crippen LogP contribution is -2.12. The van der Waals surface area contributed by atoms with Crippen molar-refractivity contribution in [1.29, 1.82) is 0 Å². The Morgan fingerprint density at radius 3 is 1.81 bits per heavy atom. The number of benzene rings is 3. The summed E-state index contributed by atoms with van der Waals surface area (Å²) in [5.74, 6) is -0.362. The van der Waals surface area contributed by atoms with E-state index in [4.69, 9.17) is 16.3 Å². The number of ether oxygens (including phenoxy) is 1. The third-order valence-electron chi connectivity index (χ3n) is 4.25. The Kier molecular flexibility index (Phi) is 6.97. The van der Waals surface area contributed by atoms with Crippen molar-refractivity contribution >= 4 is 28.5 Å². The van der Waals surface area contributed by atoms with Crippen LogP contribution in [-0.4, -0.2) is 18.5 Å². The maximum Gasteiger partial charge on any atom is 0.320 e. The molecule has 0 saturated heterocycles. The summed E-state index contributed by atoms with van der Waals surface area (Å²) in [4.78, 5) is 15.1. The molecule has 27 heavy (non-hydrogen) atoms. The number of hydrogen-bond donors (Lipinski definition) is 0.